The third kappa shape index (κ3) is 3.51. The Morgan fingerprint density at radius 3 is 2.86 bits per heavy atom. The second kappa shape index (κ2) is 6.54. The standard InChI is InChI=1S/C15H25N5O2/c1-2-8-16-14(21)17-12-5-6-13-18-20(10-11-3-4-11)15(22)19(13)9-7-12/h11-12H,2-10H2,1H3,(H2,16,17,21). The molecule has 3 rings (SSSR count). The molecule has 7 heteroatoms. The first-order valence-electron chi connectivity index (χ1n) is 8.38. The van der Waals surface area contributed by atoms with Crippen molar-refractivity contribution in [2.24, 2.45) is 5.92 Å². The highest BCUT2D eigenvalue weighted by Gasteiger charge is 2.26. The molecule has 1 aromatic rings. The Labute approximate surface area is 130 Å². The predicted octanol–water partition coefficient (Wildman–Crippen LogP) is 0.869. The zero-order chi connectivity index (χ0) is 15.5. The lowest BCUT2D eigenvalue weighted by Gasteiger charge is -2.16. The second-order valence-corrected chi connectivity index (χ2v) is 6.40. The summed E-state index contributed by atoms with van der Waals surface area (Å²) in [6.45, 7) is 4.11. The molecule has 0 radical (unpaired) electrons. The molecule has 2 aliphatic rings. The Kier molecular flexibility index (Phi) is 4.49. The summed E-state index contributed by atoms with van der Waals surface area (Å²) in [6.07, 6.45) is 5.71. The number of nitrogens with zero attached hydrogens (tertiary/aromatic N) is 3. The van der Waals surface area contributed by atoms with Crippen LogP contribution in [0.2, 0.25) is 0 Å². The number of aromatic nitrogens is 3. The minimum Gasteiger partial charge on any atom is -0.338 e. The van der Waals surface area contributed by atoms with Gasteiger partial charge in [0.05, 0.1) is 0 Å². The lowest BCUT2D eigenvalue weighted by molar-refractivity contribution is 0.235. The van der Waals surface area contributed by atoms with Crippen molar-refractivity contribution in [3.05, 3.63) is 16.3 Å². The van der Waals surface area contributed by atoms with Gasteiger partial charge in [-0.2, -0.15) is 5.10 Å². The molecule has 1 aliphatic carbocycles. The molecule has 0 bridgehead atoms. The fourth-order valence-electron chi connectivity index (χ4n) is 2.91. The van der Waals surface area contributed by atoms with E-state index in [0.717, 1.165) is 38.1 Å². The van der Waals surface area contributed by atoms with E-state index in [1.807, 2.05) is 6.92 Å². The van der Waals surface area contributed by atoms with E-state index in [1.54, 1.807) is 9.25 Å². The normalized spacial score (nSPS) is 21.0. The molecule has 122 valence electrons. The number of fused-ring (bicyclic) bond motifs is 1. The first kappa shape index (κ1) is 15.1. The predicted molar refractivity (Wildman–Crippen MR) is 82.8 cm³/mol. The molecule has 0 aromatic carbocycles. The van der Waals surface area contributed by atoms with Crippen molar-refractivity contribution in [3.63, 3.8) is 0 Å². The quantitative estimate of drug-likeness (QED) is 0.847. The highest BCUT2D eigenvalue weighted by Crippen LogP contribution is 2.29. The van der Waals surface area contributed by atoms with Crippen LogP contribution in [0, 0.1) is 5.92 Å². The summed E-state index contributed by atoms with van der Waals surface area (Å²) in [6, 6.07) is -0.00706. The Hall–Kier alpha value is -1.79. The number of urea groups is 1. The van der Waals surface area contributed by atoms with E-state index in [0.29, 0.717) is 19.0 Å². The molecular formula is C15H25N5O2. The van der Waals surface area contributed by atoms with Gasteiger partial charge in [0.2, 0.25) is 0 Å². The van der Waals surface area contributed by atoms with Crippen molar-refractivity contribution in [1.82, 2.24) is 25.0 Å². The van der Waals surface area contributed by atoms with Crippen LogP contribution in [0.15, 0.2) is 4.79 Å². The number of rotatable bonds is 5. The van der Waals surface area contributed by atoms with Crippen LogP contribution in [0.25, 0.3) is 0 Å². The van der Waals surface area contributed by atoms with E-state index in [9.17, 15) is 9.59 Å². The summed E-state index contributed by atoms with van der Waals surface area (Å²) in [5.74, 6) is 1.51. The smallest absolute Gasteiger partial charge is 0.338 e. The van der Waals surface area contributed by atoms with Crippen LogP contribution in [-0.4, -0.2) is 33.0 Å². The fourth-order valence-corrected chi connectivity index (χ4v) is 2.91. The summed E-state index contributed by atoms with van der Waals surface area (Å²) in [5.41, 5.74) is 0.0120. The molecule has 1 unspecified atom stereocenters. The van der Waals surface area contributed by atoms with Gasteiger partial charge < -0.3 is 10.6 Å². The number of carbonyl (C=O) groups is 1. The van der Waals surface area contributed by atoms with Gasteiger partial charge in [0.1, 0.15) is 5.82 Å². The zero-order valence-electron chi connectivity index (χ0n) is 13.2. The summed E-state index contributed by atoms with van der Waals surface area (Å²) in [7, 11) is 0. The molecule has 0 saturated heterocycles. The van der Waals surface area contributed by atoms with Gasteiger partial charge in [-0.1, -0.05) is 6.92 Å². The first-order chi connectivity index (χ1) is 10.7. The average Bonchev–Trinajstić information content (AvgIpc) is 3.28. The number of nitrogens with one attached hydrogen (secondary N) is 2. The van der Waals surface area contributed by atoms with Gasteiger partial charge in [-0.05, 0) is 38.0 Å². The van der Waals surface area contributed by atoms with Crippen LogP contribution in [0.3, 0.4) is 0 Å². The monoisotopic (exact) mass is 307 g/mol. The maximum atomic E-state index is 12.4. The molecule has 1 saturated carbocycles. The topological polar surface area (TPSA) is 81.0 Å². The second-order valence-electron chi connectivity index (χ2n) is 6.40. The zero-order valence-corrected chi connectivity index (χ0v) is 13.2. The van der Waals surface area contributed by atoms with Crippen molar-refractivity contribution in [3.8, 4) is 0 Å². The molecule has 1 atom stereocenters. The Bertz CT molecular complexity index is 587. The van der Waals surface area contributed by atoms with E-state index < -0.39 is 0 Å². The van der Waals surface area contributed by atoms with Gasteiger partial charge in [0, 0.05) is 32.1 Å². The molecule has 2 N–H and O–H groups in total. The molecule has 22 heavy (non-hydrogen) atoms. The van der Waals surface area contributed by atoms with Gasteiger partial charge in [0.25, 0.3) is 0 Å². The van der Waals surface area contributed by atoms with E-state index in [4.69, 9.17) is 0 Å². The van der Waals surface area contributed by atoms with Gasteiger partial charge in [-0.15, -0.1) is 0 Å². The van der Waals surface area contributed by atoms with Gasteiger partial charge in [0.15, 0.2) is 0 Å². The van der Waals surface area contributed by atoms with Crippen LogP contribution in [0.5, 0.6) is 0 Å². The minimum absolute atomic E-state index is 0.0120. The minimum atomic E-state index is -0.113. The van der Waals surface area contributed by atoms with E-state index in [2.05, 4.69) is 15.7 Å². The molecule has 2 heterocycles. The SMILES string of the molecule is CCCNC(=O)NC1CCc2nn(CC3CC3)c(=O)n2CC1. The number of carbonyl (C=O) groups excluding carboxylic acids is 1. The van der Waals surface area contributed by atoms with Crippen LogP contribution in [-0.2, 0) is 19.5 Å². The maximum Gasteiger partial charge on any atom is 0.345 e. The first-order valence-corrected chi connectivity index (χ1v) is 8.38. The van der Waals surface area contributed by atoms with Crippen LogP contribution in [0.4, 0.5) is 4.79 Å². The van der Waals surface area contributed by atoms with Crippen LogP contribution in [0.1, 0.15) is 44.9 Å². The molecule has 1 fully saturated rings. The molecule has 1 aromatic heterocycles. The maximum absolute atomic E-state index is 12.4. The van der Waals surface area contributed by atoms with E-state index in [1.165, 1.54) is 12.8 Å². The lowest BCUT2D eigenvalue weighted by atomic mass is 10.1. The summed E-state index contributed by atoms with van der Waals surface area (Å²) in [4.78, 5) is 24.1. The van der Waals surface area contributed by atoms with E-state index in [-0.39, 0.29) is 17.8 Å². The third-order valence-electron chi connectivity index (χ3n) is 4.42. The molecular weight excluding hydrogens is 282 g/mol. The fraction of sp³-hybridized carbons (Fsp3) is 0.800. The number of amides is 2. The van der Waals surface area contributed by atoms with Crippen LogP contribution >= 0.6 is 0 Å². The summed E-state index contributed by atoms with van der Waals surface area (Å²) in [5, 5.41) is 10.3. The third-order valence-corrected chi connectivity index (χ3v) is 4.42. The van der Waals surface area contributed by atoms with Crippen molar-refractivity contribution in [2.75, 3.05) is 6.54 Å². The average molecular weight is 307 g/mol. The highest BCUT2D eigenvalue weighted by atomic mass is 16.2. The molecule has 7 nitrogen and oxygen atoms in total. The van der Waals surface area contributed by atoms with Crippen molar-refractivity contribution in [1.29, 1.82) is 0 Å². The van der Waals surface area contributed by atoms with Crippen molar-refractivity contribution >= 4 is 6.03 Å². The van der Waals surface area contributed by atoms with Crippen LogP contribution < -0.4 is 16.3 Å². The van der Waals surface area contributed by atoms with E-state index >= 15 is 0 Å². The number of hydrogen-bond acceptors (Lipinski definition) is 3. The van der Waals surface area contributed by atoms with Gasteiger partial charge in [-0.3, -0.25) is 4.57 Å². The summed E-state index contributed by atoms with van der Waals surface area (Å²) >= 11 is 0. The highest BCUT2D eigenvalue weighted by molar-refractivity contribution is 5.74. The molecule has 2 amide bonds. The number of hydrogen-bond donors (Lipinski definition) is 2. The lowest BCUT2D eigenvalue weighted by Crippen LogP contribution is -2.42. The molecule has 0 spiro atoms. The van der Waals surface area contributed by atoms with Gasteiger partial charge >= 0.3 is 11.7 Å². The number of aryl methyl sites for hydroxylation is 1. The van der Waals surface area contributed by atoms with Crippen molar-refractivity contribution < 1.29 is 4.79 Å². The Morgan fingerprint density at radius 2 is 2.14 bits per heavy atom. The van der Waals surface area contributed by atoms with Crippen molar-refractivity contribution in [2.45, 2.75) is 64.6 Å². The summed E-state index contributed by atoms with van der Waals surface area (Å²) < 4.78 is 3.42. The molecule has 1 aliphatic heterocycles. The largest absolute Gasteiger partial charge is 0.345 e. The Morgan fingerprint density at radius 1 is 1.32 bits per heavy atom. The van der Waals surface area contributed by atoms with Gasteiger partial charge in [-0.25, -0.2) is 14.3 Å². The Balaban J connectivity index is 1.58.